The highest BCUT2D eigenvalue weighted by Crippen LogP contribution is 2.33. The first-order valence-corrected chi connectivity index (χ1v) is 6.34. The highest BCUT2D eigenvalue weighted by Gasteiger charge is 2.31. The first kappa shape index (κ1) is 11.4. The fourth-order valence-electron chi connectivity index (χ4n) is 2.61. The lowest BCUT2D eigenvalue weighted by atomic mass is 10.1. The maximum absolute atomic E-state index is 14.0. The average Bonchev–Trinajstić information content (AvgIpc) is 2.73. The summed E-state index contributed by atoms with van der Waals surface area (Å²) in [5.74, 6) is 0. The minimum absolute atomic E-state index is 0.165. The second-order valence-electron chi connectivity index (χ2n) is 4.76. The maximum Gasteiger partial charge on any atom is 0.124 e. The average molecular weight is 241 g/mol. The number of fused-ring (bicyclic) bond motifs is 1. The molecule has 2 atom stereocenters. The van der Waals surface area contributed by atoms with Crippen molar-refractivity contribution in [2.24, 2.45) is 0 Å². The number of nitrogens with one attached hydrogen (secondary N) is 1. The van der Waals surface area contributed by atoms with Gasteiger partial charge in [-0.05, 0) is 16.7 Å². The van der Waals surface area contributed by atoms with Crippen LogP contribution >= 0.6 is 0 Å². The van der Waals surface area contributed by atoms with Crippen LogP contribution in [0.3, 0.4) is 0 Å². The van der Waals surface area contributed by atoms with E-state index in [9.17, 15) is 4.39 Å². The Labute approximate surface area is 107 Å². The van der Waals surface area contributed by atoms with Gasteiger partial charge in [0.1, 0.15) is 6.17 Å². The van der Waals surface area contributed by atoms with Crippen molar-refractivity contribution >= 4 is 0 Å². The quantitative estimate of drug-likeness (QED) is 0.868. The van der Waals surface area contributed by atoms with Gasteiger partial charge in [-0.25, -0.2) is 4.39 Å². The van der Waals surface area contributed by atoms with Crippen LogP contribution in [0, 0.1) is 0 Å². The Hall–Kier alpha value is -1.67. The van der Waals surface area contributed by atoms with Crippen LogP contribution < -0.4 is 5.32 Å². The molecule has 92 valence electrons. The number of halogens is 1. The minimum atomic E-state index is -0.814. The Morgan fingerprint density at radius 2 is 1.72 bits per heavy atom. The third-order valence-corrected chi connectivity index (χ3v) is 3.54. The summed E-state index contributed by atoms with van der Waals surface area (Å²) in [6, 6.07) is 18.0. The first-order valence-electron chi connectivity index (χ1n) is 6.34. The molecule has 1 N–H and O–H groups in total. The summed E-state index contributed by atoms with van der Waals surface area (Å²) in [5.41, 5.74) is 3.44. The SMILES string of the molecule is F[C@H]1Cc2ccccc2[C@H]1NCc1ccccc1. The third kappa shape index (κ3) is 2.16. The maximum atomic E-state index is 14.0. The van der Waals surface area contributed by atoms with E-state index in [0.29, 0.717) is 13.0 Å². The van der Waals surface area contributed by atoms with E-state index in [1.165, 1.54) is 5.56 Å². The van der Waals surface area contributed by atoms with Gasteiger partial charge in [0.2, 0.25) is 0 Å². The van der Waals surface area contributed by atoms with E-state index >= 15 is 0 Å². The molecule has 2 heteroatoms. The molecule has 3 rings (SSSR count). The van der Waals surface area contributed by atoms with Crippen molar-refractivity contribution in [2.75, 3.05) is 0 Å². The zero-order valence-electron chi connectivity index (χ0n) is 10.1. The van der Waals surface area contributed by atoms with Gasteiger partial charge in [0, 0.05) is 13.0 Å². The molecule has 0 unspecified atom stereocenters. The fraction of sp³-hybridized carbons (Fsp3) is 0.250. The monoisotopic (exact) mass is 241 g/mol. The second kappa shape index (κ2) is 4.91. The molecule has 1 aliphatic carbocycles. The summed E-state index contributed by atoms with van der Waals surface area (Å²) >= 11 is 0. The second-order valence-corrected chi connectivity index (χ2v) is 4.76. The van der Waals surface area contributed by atoms with E-state index in [1.807, 2.05) is 42.5 Å². The van der Waals surface area contributed by atoms with Crippen LogP contribution in [-0.2, 0) is 13.0 Å². The Bertz CT molecular complexity index is 524. The molecule has 2 aromatic rings. The molecule has 1 nitrogen and oxygen atoms in total. The van der Waals surface area contributed by atoms with E-state index in [-0.39, 0.29) is 6.04 Å². The smallest absolute Gasteiger partial charge is 0.124 e. The van der Waals surface area contributed by atoms with Gasteiger partial charge in [-0.15, -0.1) is 0 Å². The minimum Gasteiger partial charge on any atom is -0.303 e. The van der Waals surface area contributed by atoms with Gasteiger partial charge >= 0.3 is 0 Å². The molecule has 0 saturated heterocycles. The summed E-state index contributed by atoms with van der Waals surface area (Å²) in [7, 11) is 0. The van der Waals surface area contributed by atoms with Gasteiger partial charge in [-0.3, -0.25) is 0 Å². The topological polar surface area (TPSA) is 12.0 Å². The van der Waals surface area contributed by atoms with E-state index in [0.717, 1.165) is 11.1 Å². The molecule has 0 saturated carbocycles. The van der Waals surface area contributed by atoms with Crippen LogP contribution in [0.25, 0.3) is 0 Å². The van der Waals surface area contributed by atoms with E-state index in [1.54, 1.807) is 0 Å². The Kier molecular flexibility index (Phi) is 3.11. The largest absolute Gasteiger partial charge is 0.303 e. The van der Waals surface area contributed by atoms with Gasteiger partial charge in [-0.2, -0.15) is 0 Å². The number of hydrogen-bond donors (Lipinski definition) is 1. The van der Waals surface area contributed by atoms with Gasteiger partial charge in [0.15, 0.2) is 0 Å². The standard InChI is InChI=1S/C16H16FN/c17-15-10-13-8-4-5-9-14(13)16(15)18-11-12-6-2-1-3-7-12/h1-9,15-16,18H,10-11H2/t15-,16+/m0/s1. The zero-order valence-corrected chi connectivity index (χ0v) is 10.1. The third-order valence-electron chi connectivity index (χ3n) is 3.54. The molecular formula is C16H16FN. The van der Waals surface area contributed by atoms with E-state index in [4.69, 9.17) is 0 Å². The van der Waals surface area contributed by atoms with E-state index < -0.39 is 6.17 Å². The molecular weight excluding hydrogens is 225 g/mol. The lowest BCUT2D eigenvalue weighted by Crippen LogP contribution is -2.25. The van der Waals surface area contributed by atoms with Crippen molar-refractivity contribution in [1.82, 2.24) is 5.32 Å². The molecule has 0 spiro atoms. The molecule has 0 amide bonds. The summed E-state index contributed by atoms with van der Waals surface area (Å²) in [5, 5.41) is 3.33. The van der Waals surface area contributed by atoms with Crippen LogP contribution in [0.4, 0.5) is 4.39 Å². The van der Waals surface area contributed by atoms with E-state index in [2.05, 4.69) is 17.4 Å². The normalized spacial score (nSPS) is 21.8. The number of alkyl halides is 1. The van der Waals surface area contributed by atoms with Crippen molar-refractivity contribution in [3.05, 3.63) is 71.3 Å². The molecule has 0 aliphatic heterocycles. The molecule has 18 heavy (non-hydrogen) atoms. The van der Waals surface area contributed by atoms with Crippen LogP contribution in [0.1, 0.15) is 22.7 Å². The van der Waals surface area contributed by atoms with Gasteiger partial charge < -0.3 is 5.32 Å². The predicted octanol–water partition coefficient (Wildman–Crippen LogP) is 3.41. The lowest BCUT2D eigenvalue weighted by Gasteiger charge is -2.16. The number of hydrogen-bond acceptors (Lipinski definition) is 1. The highest BCUT2D eigenvalue weighted by molar-refractivity contribution is 5.36. The zero-order chi connectivity index (χ0) is 12.4. The summed E-state index contributed by atoms with van der Waals surface area (Å²) in [6.45, 7) is 0.709. The lowest BCUT2D eigenvalue weighted by molar-refractivity contribution is 0.269. The van der Waals surface area contributed by atoms with Crippen molar-refractivity contribution in [3.8, 4) is 0 Å². The highest BCUT2D eigenvalue weighted by atomic mass is 19.1. The van der Waals surface area contributed by atoms with Crippen molar-refractivity contribution in [3.63, 3.8) is 0 Å². The Morgan fingerprint density at radius 3 is 2.56 bits per heavy atom. The molecule has 0 heterocycles. The molecule has 0 aromatic heterocycles. The van der Waals surface area contributed by atoms with Crippen LogP contribution in [0.2, 0.25) is 0 Å². The van der Waals surface area contributed by atoms with Crippen molar-refractivity contribution in [2.45, 2.75) is 25.2 Å². The number of benzene rings is 2. The molecule has 2 aromatic carbocycles. The summed E-state index contributed by atoms with van der Waals surface area (Å²) in [6.07, 6.45) is -0.283. The molecule has 0 fully saturated rings. The molecule has 1 aliphatic rings. The van der Waals surface area contributed by atoms with Gasteiger partial charge in [0.25, 0.3) is 0 Å². The van der Waals surface area contributed by atoms with Crippen LogP contribution in [0.15, 0.2) is 54.6 Å². The van der Waals surface area contributed by atoms with Crippen molar-refractivity contribution in [1.29, 1.82) is 0 Å². The summed E-state index contributed by atoms with van der Waals surface area (Å²) in [4.78, 5) is 0. The number of rotatable bonds is 3. The van der Waals surface area contributed by atoms with Gasteiger partial charge in [0.05, 0.1) is 6.04 Å². The first-order chi connectivity index (χ1) is 8.84. The fourth-order valence-corrected chi connectivity index (χ4v) is 2.61. The summed E-state index contributed by atoms with van der Waals surface area (Å²) < 4.78 is 14.0. The van der Waals surface area contributed by atoms with Gasteiger partial charge in [-0.1, -0.05) is 54.6 Å². The Morgan fingerprint density at radius 1 is 1.00 bits per heavy atom. The molecule has 0 bridgehead atoms. The predicted molar refractivity (Wildman–Crippen MR) is 71.1 cm³/mol. The van der Waals surface area contributed by atoms with Crippen LogP contribution in [-0.4, -0.2) is 6.17 Å². The van der Waals surface area contributed by atoms with Crippen molar-refractivity contribution < 1.29 is 4.39 Å². The van der Waals surface area contributed by atoms with Crippen LogP contribution in [0.5, 0.6) is 0 Å². The molecule has 0 radical (unpaired) electrons. The Balaban J connectivity index is 1.74.